The monoisotopic (exact) mass is 399 g/mol. The molecule has 0 bridgehead atoms. The highest BCUT2D eigenvalue weighted by molar-refractivity contribution is 6.31. The standard InChI is InChI=1S/C20H22ClN5O2/c1-3-18-25-17-11-13(21)7-8-16(17)19(26-18)22-9-10-23-20(27)24-14-5-4-6-15(12-14)28-2/h4-8,11-12H,3,9-10H2,1-2H3,(H,22,25,26)(H2,23,24,27). The number of aromatic nitrogens is 2. The van der Waals surface area contributed by atoms with E-state index in [1.807, 2.05) is 37.3 Å². The number of aryl methyl sites for hydroxylation is 1. The van der Waals surface area contributed by atoms with Crippen LogP contribution in [0.3, 0.4) is 0 Å². The lowest BCUT2D eigenvalue weighted by atomic mass is 10.2. The maximum absolute atomic E-state index is 12.0. The number of fused-ring (bicyclic) bond motifs is 1. The molecule has 0 fully saturated rings. The van der Waals surface area contributed by atoms with Crippen molar-refractivity contribution in [3.8, 4) is 5.75 Å². The number of anilines is 2. The number of amides is 2. The fourth-order valence-electron chi connectivity index (χ4n) is 2.68. The van der Waals surface area contributed by atoms with Gasteiger partial charge in [-0.2, -0.15) is 0 Å². The number of benzene rings is 2. The van der Waals surface area contributed by atoms with Crippen LogP contribution in [0.5, 0.6) is 5.75 Å². The molecule has 0 atom stereocenters. The highest BCUT2D eigenvalue weighted by atomic mass is 35.5. The molecule has 0 aliphatic carbocycles. The molecule has 0 spiro atoms. The number of halogens is 1. The predicted molar refractivity (Wildman–Crippen MR) is 112 cm³/mol. The molecule has 3 rings (SSSR count). The van der Waals surface area contributed by atoms with Crippen LogP contribution in [0.4, 0.5) is 16.3 Å². The number of carbonyl (C=O) groups is 1. The van der Waals surface area contributed by atoms with Gasteiger partial charge in [-0.15, -0.1) is 0 Å². The molecule has 0 radical (unpaired) electrons. The van der Waals surface area contributed by atoms with E-state index < -0.39 is 0 Å². The van der Waals surface area contributed by atoms with E-state index in [4.69, 9.17) is 16.3 Å². The number of rotatable bonds is 7. The average Bonchev–Trinajstić information content (AvgIpc) is 2.70. The third-order valence-electron chi connectivity index (χ3n) is 4.05. The van der Waals surface area contributed by atoms with Gasteiger partial charge in [0.1, 0.15) is 17.4 Å². The second kappa shape index (κ2) is 9.23. The molecule has 3 aromatic rings. The molecule has 0 aliphatic rings. The van der Waals surface area contributed by atoms with Crippen molar-refractivity contribution in [3.05, 3.63) is 53.3 Å². The minimum atomic E-state index is -0.288. The maximum Gasteiger partial charge on any atom is 0.319 e. The summed E-state index contributed by atoms with van der Waals surface area (Å²) in [5.74, 6) is 2.15. The highest BCUT2D eigenvalue weighted by Crippen LogP contribution is 2.23. The number of carbonyl (C=O) groups excluding carboxylic acids is 1. The lowest BCUT2D eigenvalue weighted by molar-refractivity contribution is 0.252. The second-order valence-corrected chi connectivity index (χ2v) is 6.48. The van der Waals surface area contributed by atoms with Crippen LogP contribution < -0.4 is 20.7 Å². The molecule has 0 saturated carbocycles. The molecule has 28 heavy (non-hydrogen) atoms. The maximum atomic E-state index is 12.0. The van der Waals surface area contributed by atoms with Crippen LogP contribution in [-0.2, 0) is 6.42 Å². The molecule has 0 saturated heterocycles. The third-order valence-corrected chi connectivity index (χ3v) is 4.29. The molecular weight excluding hydrogens is 378 g/mol. The molecule has 0 aliphatic heterocycles. The summed E-state index contributed by atoms with van der Waals surface area (Å²) in [6, 6.07) is 12.4. The lowest BCUT2D eigenvalue weighted by Gasteiger charge is -2.12. The van der Waals surface area contributed by atoms with Crippen LogP contribution in [0.25, 0.3) is 10.9 Å². The van der Waals surface area contributed by atoms with Crippen molar-refractivity contribution >= 4 is 40.0 Å². The Morgan fingerprint density at radius 2 is 2.00 bits per heavy atom. The van der Waals surface area contributed by atoms with Crippen molar-refractivity contribution in [3.63, 3.8) is 0 Å². The summed E-state index contributed by atoms with van der Waals surface area (Å²) in [5.41, 5.74) is 1.46. The van der Waals surface area contributed by atoms with Crippen molar-refractivity contribution in [2.75, 3.05) is 30.8 Å². The van der Waals surface area contributed by atoms with Gasteiger partial charge in [-0.3, -0.25) is 0 Å². The molecule has 2 aromatic carbocycles. The van der Waals surface area contributed by atoms with Gasteiger partial charge in [-0.25, -0.2) is 14.8 Å². The molecule has 8 heteroatoms. The Balaban J connectivity index is 1.57. The SMILES string of the molecule is CCc1nc(NCCNC(=O)Nc2cccc(OC)c2)c2ccc(Cl)cc2n1. The molecule has 146 valence electrons. The van der Waals surface area contributed by atoms with Crippen LogP contribution in [0.2, 0.25) is 5.02 Å². The minimum absolute atomic E-state index is 0.288. The van der Waals surface area contributed by atoms with E-state index in [0.717, 1.165) is 29.0 Å². The largest absolute Gasteiger partial charge is 0.497 e. The van der Waals surface area contributed by atoms with Crippen molar-refractivity contribution < 1.29 is 9.53 Å². The van der Waals surface area contributed by atoms with Gasteiger partial charge in [0.2, 0.25) is 0 Å². The Morgan fingerprint density at radius 3 is 2.79 bits per heavy atom. The highest BCUT2D eigenvalue weighted by Gasteiger charge is 2.08. The lowest BCUT2D eigenvalue weighted by Crippen LogP contribution is -2.32. The van der Waals surface area contributed by atoms with Gasteiger partial charge >= 0.3 is 6.03 Å². The summed E-state index contributed by atoms with van der Waals surface area (Å²) in [4.78, 5) is 21.1. The first-order chi connectivity index (χ1) is 13.6. The summed E-state index contributed by atoms with van der Waals surface area (Å²) in [6.45, 7) is 2.94. The van der Waals surface area contributed by atoms with Crippen LogP contribution in [-0.4, -0.2) is 36.2 Å². The van der Waals surface area contributed by atoms with Crippen LogP contribution in [0.15, 0.2) is 42.5 Å². The molecular formula is C20H22ClN5O2. The number of ether oxygens (including phenoxy) is 1. The molecule has 3 N–H and O–H groups in total. The predicted octanol–water partition coefficient (Wildman–Crippen LogP) is 4.09. The molecule has 0 unspecified atom stereocenters. The molecule has 7 nitrogen and oxygen atoms in total. The Morgan fingerprint density at radius 1 is 1.14 bits per heavy atom. The molecule has 2 amide bonds. The van der Waals surface area contributed by atoms with Crippen molar-refractivity contribution in [2.24, 2.45) is 0 Å². The van der Waals surface area contributed by atoms with E-state index in [9.17, 15) is 4.79 Å². The minimum Gasteiger partial charge on any atom is -0.497 e. The Hall–Kier alpha value is -3.06. The number of hydrogen-bond donors (Lipinski definition) is 3. The smallest absolute Gasteiger partial charge is 0.319 e. The van der Waals surface area contributed by atoms with Crippen LogP contribution in [0, 0.1) is 0 Å². The number of nitrogens with zero attached hydrogens (tertiary/aromatic N) is 2. The Bertz CT molecular complexity index is 980. The van der Waals surface area contributed by atoms with E-state index >= 15 is 0 Å². The summed E-state index contributed by atoms with van der Waals surface area (Å²) in [6.07, 6.45) is 0.721. The normalized spacial score (nSPS) is 10.5. The van der Waals surface area contributed by atoms with Crippen molar-refractivity contribution in [1.82, 2.24) is 15.3 Å². The van der Waals surface area contributed by atoms with Gasteiger partial charge in [0, 0.05) is 41.7 Å². The first-order valence-electron chi connectivity index (χ1n) is 8.98. The van der Waals surface area contributed by atoms with E-state index in [1.54, 1.807) is 19.2 Å². The number of hydrogen-bond acceptors (Lipinski definition) is 5. The zero-order chi connectivity index (χ0) is 19.9. The van der Waals surface area contributed by atoms with Crippen LogP contribution in [0.1, 0.15) is 12.7 Å². The van der Waals surface area contributed by atoms with Crippen molar-refractivity contribution in [1.29, 1.82) is 0 Å². The Labute approximate surface area is 168 Å². The fraction of sp³-hybridized carbons (Fsp3) is 0.250. The van der Waals surface area contributed by atoms with Gasteiger partial charge in [-0.1, -0.05) is 24.6 Å². The zero-order valence-electron chi connectivity index (χ0n) is 15.8. The summed E-state index contributed by atoms with van der Waals surface area (Å²) in [7, 11) is 1.58. The van der Waals surface area contributed by atoms with Gasteiger partial charge < -0.3 is 20.7 Å². The van der Waals surface area contributed by atoms with E-state index in [2.05, 4.69) is 25.9 Å². The number of methoxy groups -OCH3 is 1. The van der Waals surface area contributed by atoms with Gasteiger partial charge in [0.25, 0.3) is 0 Å². The third kappa shape index (κ3) is 5.01. The molecule has 1 aromatic heterocycles. The first kappa shape index (κ1) is 19.7. The van der Waals surface area contributed by atoms with Crippen LogP contribution >= 0.6 is 11.6 Å². The summed E-state index contributed by atoms with van der Waals surface area (Å²) < 4.78 is 5.14. The average molecular weight is 400 g/mol. The number of nitrogens with one attached hydrogen (secondary N) is 3. The zero-order valence-corrected chi connectivity index (χ0v) is 16.5. The van der Waals surface area contributed by atoms with E-state index in [1.165, 1.54) is 0 Å². The Kier molecular flexibility index (Phi) is 6.49. The van der Waals surface area contributed by atoms with E-state index in [0.29, 0.717) is 29.5 Å². The van der Waals surface area contributed by atoms with Gasteiger partial charge in [-0.05, 0) is 30.3 Å². The summed E-state index contributed by atoms with van der Waals surface area (Å²) in [5, 5.41) is 10.4. The van der Waals surface area contributed by atoms with Gasteiger partial charge in [0.05, 0.1) is 12.6 Å². The van der Waals surface area contributed by atoms with Gasteiger partial charge in [0.15, 0.2) is 0 Å². The van der Waals surface area contributed by atoms with Crippen molar-refractivity contribution in [2.45, 2.75) is 13.3 Å². The first-order valence-corrected chi connectivity index (χ1v) is 9.36. The fourth-order valence-corrected chi connectivity index (χ4v) is 2.84. The quantitative estimate of drug-likeness (QED) is 0.521. The topological polar surface area (TPSA) is 88.2 Å². The summed E-state index contributed by atoms with van der Waals surface area (Å²) >= 11 is 6.07. The number of urea groups is 1. The second-order valence-electron chi connectivity index (χ2n) is 6.04. The molecule has 1 heterocycles. The van der Waals surface area contributed by atoms with E-state index in [-0.39, 0.29) is 6.03 Å².